The molecule has 3 aromatic rings. The molecule has 0 bridgehead atoms. The lowest BCUT2D eigenvalue weighted by Crippen LogP contribution is -2.39. The van der Waals surface area contributed by atoms with Crippen molar-refractivity contribution >= 4 is 22.6 Å². The Morgan fingerprint density at radius 2 is 1.84 bits per heavy atom. The molecule has 0 saturated carbocycles. The molecule has 6 nitrogen and oxygen atoms in total. The molecule has 164 valence electrons. The molecule has 9 heteroatoms. The Morgan fingerprint density at radius 3 is 2.48 bits per heavy atom. The fourth-order valence-electron chi connectivity index (χ4n) is 3.94. The Kier molecular flexibility index (Phi) is 5.95. The Bertz CT molecular complexity index is 1050. The number of nitrogens with zero attached hydrogens (tertiary/aromatic N) is 4. The standard InChI is InChI=1S/C22H24F3N5O/c1-2-15-3-6-17(7-4-15)26-21(31)14-29-11-9-18(10-12-29)30-20-8-5-16(22(23,24)25)13-19(20)27-28-30/h3-8,13,18H,2,9-12,14H2,1H3,(H,26,31). The third kappa shape index (κ3) is 4.87. The average molecular weight is 431 g/mol. The van der Waals surface area contributed by atoms with Gasteiger partial charge in [0.1, 0.15) is 5.52 Å². The van der Waals surface area contributed by atoms with Crippen molar-refractivity contribution in [1.29, 1.82) is 0 Å². The first-order valence-corrected chi connectivity index (χ1v) is 10.4. The van der Waals surface area contributed by atoms with E-state index >= 15 is 0 Å². The zero-order valence-corrected chi connectivity index (χ0v) is 17.2. The summed E-state index contributed by atoms with van der Waals surface area (Å²) in [6, 6.07) is 11.4. The minimum Gasteiger partial charge on any atom is -0.325 e. The molecule has 2 heterocycles. The van der Waals surface area contributed by atoms with Crippen LogP contribution in [0.2, 0.25) is 0 Å². The van der Waals surface area contributed by atoms with Gasteiger partial charge in [0.25, 0.3) is 0 Å². The van der Waals surface area contributed by atoms with Crippen LogP contribution in [0.5, 0.6) is 0 Å². The van der Waals surface area contributed by atoms with E-state index in [0.29, 0.717) is 25.2 Å². The fourth-order valence-corrected chi connectivity index (χ4v) is 3.94. The molecule has 0 unspecified atom stereocenters. The van der Waals surface area contributed by atoms with Crippen LogP contribution in [-0.2, 0) is 17.4 Å². The molecule has 1 amide bonds. The van der Waals surface area contributed by atoms with Gasteiger partial charge in [0.15, 0.2) is 0 Å². The van der Waals surface area contributed by atoms with Crippen molar-refractivity contribution in [1.82, 2.24) is 19.9 Å². The van der Waals surface area contributed by atoms with Gasteiger partial charge in [-0.15, -0.1) is 5.10 Å². The monoisotopic (exact) mass is 431 g/mol. The average Bonchev–Trinajstić information content (AvgIpc) is 3.17. The quantitative estimate of drug-likeness (QED) is 0.655. The zero-order chi connectivity index (χ0) is 22.0. The van der Waals surface area contributed by atoms with Crippen molar-refractivity contribution in [3.05, 3.63) is 53.6 Å². The number of benzene rings is 2. The number of fused-ring (bicyclic) bond motifs is 1. The summed E-state index contributed by atoms with van der Waals surface area (Å²) in [4.78, 5) is 14.4. The van der Waals surface area contributed by atoms with E-state index in [1.54, 1.807) is 4.68 Å². The molecule has 1 N–H and O–H groups in total. The third-order valence-electron chi connectivity index (χ3n) is 5.71. The molecule has 4 rings (SSSR count). The molecule has 0 atom stereocenters. The van der Waals surface area contributed by atoms with Gasteiger partial charge in [-0.05, 0) is 55.2 Å². The molecule has 0 aliphatic carbocycles. The van der Waals surface area contributed by atoms with Crippen LogP contribution in [0.25, 0.3) is 11.0 Å². The fraction of sp³-hybridized carbons (Fsp3) is 0.409. The molecule has 0 spiro atoms. The van der Waals surface area contributed by atoms with E-state index in [1.807, 2.05) is 24.3 Å². The van der Waals surface area contributed by atoms with E-state index in [0.717, 1.165) is 37.1 Å². The highest BCUT2D eigenvalue weighted by atomic mass is 19.4. The highest BCUT2D eigenvalue weighted by molar-refractivity contribution is 5.92. The number of alkyl halides is 3. The Balaban J connectivity index is 1.33. The predicted octanol–water partition coefficient (Wildman–Crippen LogP) is 4.29. The molecule has 1 saturated heterocycles. The molecule has 1 aliphatic rings. The summed E-state index contributed by atoms with van der Waals surface area (Å²) in [6.07, 6.45) is -1.95. The minimum absolute atomic E-state index is 0.0441. The number of carbonyl (C=O) groups is 1. The van der Waals surface area contributed by atoms with Gasteiger partial charge in [-0.25, -0.2) is 4.68 Å². The highest BCUT2D eigenvalue weighted by Gasteiger charge is 2.31. The molecule has 0 radical (unpaired) electrons. The van der Waals surface area contributed by atoms with Gasteiger partial charge in [0, 0.05) is 18.8 Å². The minimum atomic E-state index is -4.40. The number of anilines is 1. The summed E-state index contributed by atoms with van der Waals surface area (Å²) in [6.45, 7) is 3.79. The second kappa shape index (κ2) is 8.66. The number of nitrogens with one attached hydrogen (secondary N) is 1. The van der Waals surface area contributed by atoms with Crippen LogP contribution >= 0.6 is 0 Å². The molecule has 1 fully saturated rings. The van der Waals surface area contributed by atoms with Crippen LogP contribution in [0.15, 0.2) is 42.5 Å². The van der Waals surface area contributed by atoms with Crippen LogP contribution in [-0.4, -0.2) is 45.4 Å². The molecular weight excluding hydrogens is 407 g/mol. The predicted molar refractivity (Wildman–Crippen MR) is 112 cm³/mol. The van der Waals surface area contributed by atoms with Crippen molar-refractivity contribution in [2.45, 2.75) is 38.4 Å². The maximum Gasteiger partial charge on any atom is 0.416 e. The first-order valence-electron chi connectivity index (χ1n) is 10.4. The van der Waals surface area contributed by atoms with Gasteiger partial charge >= 0.3 is 6.18 Å². The summed E-state index contributed by atoms with van der Waals surface area (Å²) in [5.74, 6) is -0.0615. The second-order valence-electron chi connectivity index (χ2n) is 7.84. The van der Waals surface area contributed by atoms with E-state index in [4.69, 9.17) is 0 Å². The van der Waals surface area contributed by atoms with Crippen molar-refractivity contribution in [3.63, 3.8) is 0 Å². The van der Waals surface area contributed by atoms with Crippen LogP contribution in [0.1, 0.15) is 36.9 Å². The lowest BCUT2D eigenvalue weighted by molar-refractivity contribution is -0.137. The smallest absolute Gasteiger partial charge is 0.325 e. The maximum atomic E-state index is 12.9. The number of rotatable bonds is 5. The van der Waals surface area contributed by atoms with E-state index in [-0.39, 0.29) is 17.5 Å². The van der Waals surface area contributed by atoms with Crippen molar-refractivity contribution in [2.24, 2.45) is 0 Å². The van der Waals surface area contributed by atoms with Gasteiger partial charge in [-0.3, -0.25) is 9.69 Å². The van der Waals surface area contributed by atoms with Crippen LogP contribution in [0.4, 0.5) is 18.9 Å². The number of aryl methyl sites for hydroxylation is 1. The van der Waals surface area contributed by atoms with E-state index in [2.05, 4.69) is 27.5 Å². The van der Waals surface area contributed by atoms with Gasteiger partial charge in [-0.2, -0.15) is 13.2 Å². The van der Waals surface area contributed by atoms with E-state index < -0.39 is 11.7 Å². The summed E-state index contributed by atoms with van der Waals surface area (Å²) in [5, 5.41) is 11.0. The lowest BCUT2D eigenvalue weighted by atomic mass is 10.0. The SMILES string of the molecule is CCc1ccc(NC(=O)CN2CCC(n3nnc4cc(C(F)(F)F)ccc43)CC2)cc1. The number of likely N-dealkylation sites (tertiary alicyclic amines) is 1. The van der Waals surface area contributed by atoms with Crippen LogP contribution < -0.4 is 5.32 Å². The Labute approximate surface area is 178 Å². The summed E-state index contributed by atoms with van der Waals surface area (Å²) >= 11 is 0. The van der Waals surface area contributed by atoms with Crippen molar-refractivity contribution in [3.8, 4) is 0 Å². The van der Waals surface area contributed by atoms with Gasteiger partial charge in [-0.1, -0.05) is 24.3 Å². The number of piperidine rings is 1. The van der Waals surface area contributed by atoms with E-state index in [1.165, 1.54) is 11.6 Å². The number of amides is 1. The van der Waals surface area contributed by atoms with Gasteiger partial charge in [0.2, 0.25) is 5.91 Å². The number of aromatic nitrogens is 3. The topological polar surface area (TPSA) is 63.1 Å². The summed E-state index contributed by atoms with van der Waals surface area (Å²) in [5.41, 5.74) is 2.11. The third-order valence-corrected chi connectivity index (χ3v) is 5.71. The van der Waals surface area contributed by atoms with E-state index in [9.17, 15) is 18.0 Å². The van der Waals surface area contributed by atoms with Crippen molar-refractivity contribution in [2.75, 3.05) is 25.0 Å². The summed E-state index contributed by atoms with van der Waals surface area (Å²) in [7, 11) is 0. The highest BCUT2D eigenvalue weighted by Crippen LogP contribution is 2.32. The lowest BCUT2D eigenvalue weighted by Gasteiger charge is -2.31. The summed E-state index contributed by atoms with van der Waals surface area (Å²) < 4.78 is 40.4. The molecular formula is C22H24F3N5O. The molecule has 1 aromatic heterocycles. The molecule has 2 aromatic carbocycles. The normalized spacial score (nSPS) is 16.0. The van der Waals surface area contributed by atoms with Crippen LogP contribution in [0.3, 0.4) is 0 Å². The Morgan fingerprint density at radius 1 is 1.13 bits per heavy atom. The van der Waals surface area contributed by atoms with Gasteiger partial charge < -0.3 is 5.32 Å². The maximum absolute atomic E-state index is 12.9. The van der Waals surface area contributed by atoms with Crippen molar-refractivity contribution < 1.29 is 18.0 Å². The largest absolute Gasteiger partial charge is 0.416 e. The zero-order valence-electron chi connectivity index (χ0n) is 17.2. The number of halogens is 3. The molecule has 31 heavy (non-hydrogen) atoms. The first kappa shape index (κ1) is 21.3. The molecule has 1 aliphatic heterocycles. The first-order chi connectivity index (χ1) is 14.8. The van der Waals surface area contributed by atoms with Gasteiger partial charge in [0.05, 0.1) is 23.7 Å². The van der Waals surface area contributed by atoms with Crippen LogP contribution in [0, 0.1) is 0 Å². The second-order valence-corrected chi connectivity index (χ2v) is 7.84. The number of carbonyl (C=O) groups excluding carboxylic acids is 1. The number of hydrogen-bond acceptors (Lipinski definition) is 4. The number of hydrogen-bond donors (Lipinski definition) is 1. The Hall–Kier alpha value is -2.94.